The normalized spacial score (nSPS) is 12.7. The zero-order valence-electron chi connectivity index (χ0n) is 29.7. The predicted molar refractivity (Wildman–Crippen MR) is 197 cm³/mol. The van der Waals surface area contributed by atoms with E-state index in [9.17, 15) is 19.2 Å². The number of nitrogens with zero attached hydrogens (tertiary/aromatic N) is 2. The van der Waals surface area contributed by atoms with E-state index in [1.807, 2.05) is 93.6 Å². The maximum absolute atomic E-state index is 14.4. The molecule has 3 rings (SSSR count). The molecule has 0 aliphatic carbocycles. The van der Waals surface area contributed by atoms with Gasteiger partial charge < -0.3 is 31.5 Å². The molecule has 5 amide bonds. The van der Waals surface area contributed by atoms with Crippen molar-refractivity contribution in [3.63, 3.8) is 0 Å². The number of hydrogen-bond acceptors (Lipinski definition) is 5. The Balaban J connectivity index is 1.80. The fraction of sp³-hybridized carbons (Fsp3) is 0.436. The van der Waals surface area contributed by atoms with E-state index in [-0.39, 0.29) is 30.2 Å². The second kappa shape index (κ2) is 19.3. The second-order valence-electron chi connectivity index (χ2n) is 13.2. The summed E-state index contributed by atoms with van der Waals surface area (Å²) in [6.07, 6.45) is 6.63. The second-order valence-corrected chi connectivity index (χ2v) is 13.2. The van der Waals surface area contributed by atoms with Gasteiger partial charge in [-0.15, -0.1) is 0 Å². The van der Waals surface area contributed by atoms with Crippen LogP contribution in [0, 0.1) is 0 Å². The topological polar surface area (TPSA) is 137 Å². The molecule has 10 nitrogen and oxygen atoms in total. The molecule has 3 aromatic rings. The lowest BCUT2D eigenvalue weighted by Gasteiger charge is -2.34. The van der Waals surface area contributed by atoms with Crippen molar-refractivity contribution < 1.29 is 19.2 Å². The zero-order chi connectivity index (χ0) is 35.8. The molecule has 0 saturated heterocycles. The van der Waals surface area contributed by atoms with Crippen LogP contribution in [-0.2, 0) is 27.2 Å². The zero-order valence-corrected chi connectivity index (χ0v) is 29.7. The molecule has 0 fully saturated rings. The van der Waals surface area contributed by atoms with Crippen molar-refractivity contribution in [3.8, 4) is 0 Å². The summed E-state index contributed by atoms with van der Waals surface area (Å²) >= 11 is 0. The Labute approximate surface area is 291 Å². The largest absolute Gasteiger partial charge is 0.354 e. The number of unbranched alkanes of at least 4 members (excludes halogenated alkanes) is 2. The highest BCUT2D eigenvalue weighted by Crippen LogP contribution is 2.20. The van der Waals surface area contributed by atoms with Crippen molar-refractivity contribution in [3.05, 3.63) is 96.1 Å². The van der Waals surface area contributed by atoms with E-state index < -0.39 is 17.6 Å². The molecule has 264 valence electrons. The van der Waals surface area contributed by atoms with E-state index in [0.717, 1.165) is 41.2 Å². The number of nitrogens with one attached hydrogen (secondary N) is 3. The average molecular weight is 671 g/mol. The molecule has 0 bridgehead atoms. The van der Waals surface area contributed by atoms with Crippen molar-refractivity contribution in [2.45, 2.75) is 76.9 Å². The molecule has 5 N–H and O–H groups in total. The summed E-state index contributed by atoms with van der Waals surface area (Å²) in [6, 6.07) is 21.8. The number of carbonyl (C=O) groups excluding carboxylic acids is 4. The number of carbonyl (C=O) groups is 4. The molecule has 0 aliphatic rings. The maximum atomic E-state index is 14.4. The number of benzene rings is 3. The highest BCUT2D eigenvalue weighted by atomic mass is 16.2. The van der Waals surface area contributed by atoms with E-state index in [0.29, 0.717) is 32.5 Å². The lowest BCUT2D eigenvalue weighted by molar-refractivity contribution is -0.146. The molecule has 0 radical (unpaired) electrons. The van der Waals surface area contributed by atoms with Crippen LogP contribution in [0.5, 0.6) is 0 Å². The molecular weight excluding hydrogens is 616 g/mol. The third-order valence-electron chi connectivity index (χ3n) is 8.41. The van der Waals surface area contributed by atoms with Crippen LogP contribution in [0.3, 0.4) is 0 Å². The summed E-state index contributed by atoms with van der Waals surface area (Å²) in [4.78, 5) is 56.1. The number of hydrogen-bond donors (Lipinski definition) is 4. The maximum Gasteiger partial charge on any atom is 0.314 e. The number of fused-ring (bicyclic) bond motifs is 1. The summed E-state index contributed by atoms with van der Waals surface area (Å²) < 4.78 is 0. The summed E-state index contributed by atoms with van der Waals surface area (Å²) in [5.74, 6) is -0.907. The summed E-state index contributed by atoms with van der Waals surface area (Å²) in [6.45, 7) is 7.20. The van der Waals surface area contributed by atoms with Crippen LogP contribution in [0.25, 0.3) is 10.8 Å². The average Bonchev–Trinajstić information content (AvgIpc) is 3.08. The van der Waals surface area contributed by atoms with Gasteiger partial charge in [-0.25, -0.2) is 4.79 Å². The van der Waals surface area contributed by atoms with E-state index >= 15 is 0 Å². The van der Waals surface area contributed by atoms with Crippen LogP contribution in [0.4, 0.5) is 4.79 Å². The van der Waals surface area contributed by atoms with E-state index in [1.165, 1.54) is 15.9 Å². The third-order valence-corrected chi connectivity index (χ3v) is 8.41. The number of rotatable bonds is 18. The van der Waals surface area contributed by atoms with Gasteiger partial charge in [0.15, 0.2) is 0 Å². The summed E-state index contributed by atoms with van der Waals surface area (Å²) in [5.41, 5.74) is 7.46. The molecule has 0 saturated carbocycles. The fourth-order valence-corrected chi connectivity index (χ4v) is 5.53. The predicted octanol–water partition coefficient (Wildman–Crippen LogP) is 4.57. The Bertz CT molecular complexity index is 1550. The minimum absolute atomic E-state index is 0.186. The molecular formula is C39H54N6O4. The number of urea groups is 1. The van der Waals surface area contributed by atoms with Gasteiger partial charge in [0, 0.05) is 52.1 Å². The van der Waals surface area contributed by atoms with Gasteiger partial charge in [-0.05, 0) is 74.4 Å². The highest BCUT2D eigenvalue weighted by Gasteiger charge is 2.34. The lowest BCUT2D eigenvalue weighted by atomic mass is 9.98. The molecule has 0 aromatic heterocycles. The van der Waals surface area contributed by atoms with Gasteiger partial charge in [0.05, 0.1) is 0 Å². The molecule has 0 spiro atoms. The van der Waals surface area contributed by atoms with Gasteiger partial charge in [-0.2, -0.15) is 0 Å². The van der Waals surface area contributed by atoms with Crippen LogP contribution in [0.1, 0.15) is 57.6 Å². The van der Waals surface area contributed by atoms with Gasteiger partial charge in [0.25, 0.3) is 0 Å². The molecule has 10 heteroatoms. The molecule has 0 heterocycles. The first-order valence-corrected chi connectivity index (χ1v) is 17.2. The van der Waals surface area contributed by atoms with Crippen LogP contribution >= 0.6 is 0 Å². The first-order chi connectivity index (χ1) is 23.4. The standard InChI is InChI=1S/C39H54N6O4/c1-6-41-38(49)43-25-14-8-13-24-42-36(47)33(27-29-16-9-7-10-17-29)45(5)37(48)34(44(4)35(46)20-15-23-39(2,3)40)28-30-21-22-31-18-11-12-19-32(31)26-30/h7,9-12,15-22,26,33-34H,6,8,13-14,23-25,27-28,40H2,1-5H3,(H,42,47)(H2,41,43,49)/t33-,34-/m1/s1. The number of nitrogens with two attached hydrogens (primary N) is 1. The van der Waals surface area contributed by atoms with E-state index in [4.69, 9.17) is 5.73 Å². The van der Waals surface area contributed by atoms with E-state index in [1.54, 1.807) is 20.2 Å². The number of amides is 5. The highest BCUT2D eigenvalue weighted by molar-refractivity contribution is 5.95. The Kier molecular flexibility index (Phi) is 15.3. The summed E-state index contributed by atoms with van der Waals surface area (Å²) in [7, 11) is 3.27. The van der Waals surface area contributed by atoms with Crippen LogP contribution < -0.4 is 21.7 Å². The Morgan fingerprint density at radius 3 is 2.06 bits per heavy atom. The van der Waals surface area contributed by atoms with E-state index in [2.05, 4.69) is 16.0 Å². The van der Waals surface area contributed by atoms with Crippen molar-refractivity contribution in [2.75, 3.05) is 33.7 Å². The number of likely N-dealkylation sites (N-methyl/N-ethyl adjacent to an activating group) is 2. The van der Waals surface area contributed by atoms with Gasteiger partial charge in [-0.1, -0.05) is 78.9 Å². The van der Waals surface area contributed by atoms with Gasteiger partial charge in [-0.3, -0.25) is 14.4 Å². The molecule has 0 aliphatic heterocycles. The Hall–Kier alpha value is -4.70. The van der Waals surface area contributed by atoms with Crippen LogP contribution in [0.2, 0.25) is 0 Å². The minimum atomic E-state index is -0.863. The summed E-state index contributed by atoms with van der Waals surface area (Å²) in [5, 5.41) is 10.7. The van der Waals surface area contributed by atoms with Crippen molar-refractivity contribution in [2.24, 2.45) is 5.73 Å². The minimum Gasteiger partial charge on any atom is -0.354 e. The first kappa shape index (κ1) is 38.7. The monoisotopic (exact) mass is 670 g/mol. The molecule has 0 unspecified atom stereocenters. The molecule has 2 atom stereocenters. The van der Waals surface area contributed by atoms with Gasteiger partial charge >= 0.3 is 6.03 Å². The van der Waals surface area contributed by atoms with Crippen molar-refractivity contribution in [1.29, 1.82) is 0 Å². The smallest absolute Gasteiger partial charge is 0.314 e. The first-order valence-electron chi connectivity index (χ1n) is 17.2. The Morgan fingerprint density at radius 1 is 0.755 bits per heavy atom. The molecule has 3 aromatic carbocycles. The fourth-order valence-electron chi connectivity index (χ4n) is 5.53. The van der Waals surface area contributed by atoms with Crippen molar-refractivity contribution in [1.82, 2.24) is 25.8 Å². The quantitative estimate of drug-likeness (QED) is 0.116. The van der Waals surface area contributed by atoms with Crippen LogP contribution in [0.15, 0.2) is 84.9 Å². The van der Waals surface area contributed by atoms with Crippen LogP contribution in [-0.4, -0.2) is 84.9 Å². The van der Waals surface area contributed by atoms with Gasteiger partial charge in [0.2, 0.25) is 17.7 Å². The Morgan fingerprint density at radius 2 is 1.39 bits per heavy atom. The molecule has 49 heavy (non-hydrogen) atoms. The third kappa shape index (κ3) is 13.0. The van der Waals surface area contributed by atoms with Gasteiger partial charge in [0.1, 0.15) is 12.1 Å². The SMILES string of the molecule is CCNC(=O)NCCCCCNC(=O)[C@@H](Cc1ccccc1)N(C)C(=O)[C@@H](Cc1ccc2ccccc2c1)N(C)C(=O)C=CCC(C)(C)N. The lowest BCUT2D eigenvalue weighted by Crippen LogP contribution is -2.56. The van der Waals surface area contributed by atoms with Crippen molar-refractivity contribution >= 4 is 34.5 Å².